The van der Waals surface area contributed by atoms with Crippen molar-refractivity contribution in [1.82, 2.24) is 9.97 Å². The molecule has 0 aliphatic carbocycles. The van der Waals surface area contributed by atoms with Gasteiger partial charge >= 0.3 is 0 Å². The third kappa shape index (κ3) is 3.51. The number of hydrogen-bond donors (Lipinski definition) is 1. The fourth-order valence-electron chi connectivity index (χ4n) is 1.47. The molecule has 0 bridgehead atoms. The van der Waals surface area contributed by atoms with Gasteiger partial charge in [-0.1, -0.05) is 11.6 Å². The predicted octanol–water partition coefficient (Wildman–Crippen LogP) is 2.75. The van der Waals surface area contributed by atoms with Crippen LogP contribution in [0.2, 0.25) is 5.02 Å². The van der Waals surface area contributed by atoms with Crippen LogP contribution >= 0.6 is 11.6 Å². The van der Waals surface area contributed by atoms with Crippen molar-refractivity contribution in [1.29, 1.82) is 0 Å². The summed E-state index contributed by atoms with van der Waals surface area (Å²) in [6.07, 6.45) is 4.97. The van der Waals surface area contributed by atoms with Crippen molar-refractivity contribution in [2.24, 2.45) is 0 Å². The molecule has 0 amide bonds. The quantitative estimate of drug-likeness (QED) is 0.936. The van der Waals surface area contributed by atoms with E-state index < -0.39 is 10.8 Å². The summed E-state index contributed by atoms with van der Waals surface area (Å²) in [6, 6.07) is 7.22. The van der Waals surface area contributed by atoms with Gasteiger partial charge in [0.2, 0.25) is 5.95 Å². The SMILES string of the molecule is CS(=O)Cc1cc(Nc2ncccn2)ccc1Cl. The molecule has 0 radical (unpaired) electrons. The van der Waals surface area contributed by atoms with Gasteiger partial charge in [-0.05, 0) is 29.8 Å². The summed E-state index contributed by atoms with van der Waals surface area (Å²) in [5.41, 5.74) is 1.67. The number of nitrogens with zero attached hydrogens (tertiary/aromatic N) is 2. The number of halogens is 1. The number of nitrogens with one attached hydrogen (secondary N) is 1. The minimum absolute atomic E-state index is 0.435. The number of benzene rings is 1. The lowest BCUT2D eigenvalue weighted by Crippen LogP contribution is -1.98. The zero-order chi connectivity index (χ0) is 13.0. The van der Waals surface area contributed by atoms with Crippen LogP contribution in [-0.4, -0.2) is 20.4 Å². The molecular weight excluding hydrogens is 270 g/mol. The molecule has 6 heteroatoms. The molecule has 18 heavy (non-hydrogen) atoms. The highest BCUT2D eigenvalue weighted by atomic mass is 35.5. The third-order valence-corrected chi connectivity index (χ3v) is 3.31. The van der Waals surface area contributed by atoms with Crippen molar-refractivity contribution < 1.29 is 4.21 Å². The molecule has 1 atom stereocenters. The minimum atomic E-state index is -0.925. The zero-order valence-corrected chi connectivity index (χ0v) is 11.3. The van der Waals surface area contributed by atoms with Gasteiger partial charge in [-0.15, -0.1) is 0 Å². The van der Waals surface area contributed by atoms with E-state index in [0.717, 1.165) is 11.3 Å². The molecule has 0 saturated heterocycles. The number of rotatable bonds is 4. The Kier molecular flexibility index (Phi) is 4.28. The molecule has 0 aliphatic rings. The molecule has 1 aromatic heterocycles. The van der Waals surface area contributed by atoms with Gasteiger partial charge < -0.3 is 5.32 Å². The Hall–Kier alpha value is -1.46. The minimum Gasteiger partial charge on any atom is -0.324 e. The molecule has 0 spiro atoms. The lowest BCUT2D eigenvalue weighted by atomic mass is 10.2. The van der Waals surface area contributed by atoms with E-state index in [2.05, 4.69) is 15.3 Å². The van der Waals surface area contributed by atoms with Gasteiger partial charge in [0.15, 0.2) is 0 Å². The zero-order valence-electron chi connectivity index (χ0n) is 9.76. The molecule has 1 unspecified atom stereocenters. The Morgan fingerprint density at radius 2 is 2.06 bits per heavy atom. The van der Waals surface area contributed by atoms with Crippen LogP contribution < -0.4 is 5.32 Å². The number of aromatic nitrogens is 2. The Balaban J connectivity index is 2.22. The van der Waals surface area contributed by atoms with Crippen LogP contribution in [0.1, 0.15) is 5.56 Å². The number of anilines is 2. The summed E-state index contributed by atoms with van der Waals surface area (Å²) in [6.45, 7) is 0. The average molecular weight is 282 g/mol. The Bertz CT molecular complexity index is 563. The van der Waals surface area contributed by atoms with Crippen molar-refractivity contribution in [2.75, 3.05) is 11.6 Å². The maximum Gasteiger partial charge on any atom is 0.227 e. The van der Waals surface area contributed by atoms with Crippen molar-refractivity contribution in [3.63, 3.8) is 0 Å². The van der Waals surface area contributed by atoms with Crippen LogP contribution in [0.15, 0.2) is 36.7 Å². The van der Waals surface area contributed by atoms with E-state index >= 15 is 0 Å². The molecule has 1 N–H and O–H groups in total. The van der Waals surface area contributed by atoms with Crippen molar-refractivity contribution in [3.8, 4) is 0 Å². The monoisotopic (exact) mass is 281 g/mol. The van der Waals surface area contributed by atoms with Crippen LogP contribution in [0.25, 0.3) is 0 Å². The van der Waals surface area contributed by atoms with Gasteiger partial charge in [-0.3, -0.25) is 4.21 Å². The second-order valence-corrected chi connectivity index (χ2v) is 5.56. The molecule has 0 saturated carbocycles. The summed E-state index contributed by atoms with van der Waals surface area (Å²) in [5.74, 6) is 0.952. The van der Waals surface area contributed by atoms with Gasteiger partial charge in [0.1, 0.15) is 0 Å². The van der Waals surface area contributed by atoms with E-state index in [9.17, 15) is 4.21 Å². The van der Waals surface area contributed by atoms with E-state index in [1.165, 1.54) is 0 Å². The standard InChI is InChI=1S/C12H12ClN3OS/c1-18(17)8-9-7-10(3-4-11(9)13)16-12-14-5-2-6-15-12/h2-7H,8H2,1H3,(H,14,15,16). The van der Waals surface area contributed by atoms with Crippen molar-refractivity contribution >= 4 is 34.0 Å². The summed E-state index contributed by atoms with van der Waals surface area (Å²) in [4.78, 5) is 8.14. The molecule has 2 rings (SSSR count). The molecule has 94 valence electrons. The van der Waals surface area contributed by atoms with Gasteiger partial charge in [-0.25, -0.2) is 9.97 Å². The lowest BCUT2D eigenvalue weighted by molar-refractivity contribution is 0.686. The molecule has 1 aromatic carbocycles. The van der Waals surface area contributed by atoms with E-state index in [1.807, 2.05) is 12.1 Å². The van der Waals surface area contributed by atoms with Crippen LogP contribution in [0.3, 0.4) is 0 Å². The van der Waals surface area contributed by atoms with Gasteiger partial charge in [0.05, 0.1) is 0 Å². The average Bonchev–Trinajstić information content (AvgIpc) is 2.34. The molecule has 2 aromatic rings. The highest BCUT2D eigenvalue weighted by Gasteiger charge is 2.05. The first-order valence-electron chi connectivity index (χ1n) is 5.27. The summed E-state index contributed by atoms with van der Waals surface area (Å²) >= 11 is 6.05. The third-order valence-electron chi connectivity index (χ3n) is 2.23. The molecule has 4 nitrogen and oxygen atoms in total. The first kappa shape index (κ1) is 13.0. The fourth-order valence-corrected chi connectivity index (χ4v) is 2.42. The highest BCUT2D eigenvalue weighted by Crippen LogP contribution is 2.23. The van der Waals surface area contributed by atoms with Gasteiger partial charge in [0, 0.05) is 45.9 Å². The van der Waals surface area contributed by atoms with Gasteiger partial charge in [-0.2, -0.15) is 0 Å². The summed E-state index contributed by atoms with van der Waals surface area (Å²) < 4.78 is 11.2. The van der Waals surface area contributed by atoms with Crippen LogP contribution in [0.4, 0.5) is 11.6 Å². The van der Waals surface area contributed by atoms with E-state index in [1.54, 1.807) is 30.8 Å². The van der Waals surface area contributed by atoms with E-state index in [0.29, 0.717) is 16.7 Å². The molecule has 0 fully saturated rings. The summed E-state index contributed by atoms with van der Waals surface area (Å²) in [7, 11) is -0.925. The van der Waals surface area contributed by atoms with Crippen LogP contribution in [-0.2, 0) is 16.6 Å². The Morgan fingerprint density at radius 3 is 2.72 bits per heavy atom. The normalized spacial score (nSPS) is 12.1. The molecular formula is C12H12ClN3OS. The van der Waals surface area contributed by atoms with Crippen LogP contribution in [0.5, 0.6) is 0 Å². The smallest absolute Gasteiger partial charge is 0.227 e. The van der Waals surface area contributed by atoms with E-state index in [-0.39, 0.29) is 0 Å². The Morgan fingerprint density at radius 1 is 1.33 bits per heavy atom. The highest BCUT2D eigenvalue weighted by molar-refractivity contribution is 7.83. The molecule has 1 heterocycles. The first-order chi connectivity index (χ1) is 8.65. The maximum atomic E-state index is 11.2. The summed E-state index contributed by atoms with van der Waals surface area (Å²) in [5, 5.41) is 3.68. The van der Waals surface area contributed by atoms with Crippen LogP contribution in [0, 0.1) is 0 Å². The maximum absolute atomic E-state index is 11.2. The van der Waals surface area contributed by atoms with Crippen molar-refractivity contribution in [2.45, 2.75) is 5.75 Å². The number of hydrogen-bond acceptors (Lipinski definition) is 4. The van der Waals surface area contributed by atoms with E-state index in [4.69, 9.17) is 11.6 Å². The lowest BCUT2D eigenvalue weighted by Gasteiger charge is -2.08. The molecule has 0 aliphatic heterocycles. The fraction of sp³-hybridized carbons (Fsp3) is 0.167. The van der Waals surface area contributed by atoms with Crippen molar-refractivity contribution in [3.05, 3.63) is 47.2 Å². The second-order valence-electron chi connectivity index (χ2n) is 3.72. The largest absolute Gasteiger partial charge is 0.324 e. The Labute approximate surface area is 113 Å². The topological polar surface area (TPSA) is 54.9 Å². The predicted molar refractivity (Wildman–Crippen MR) is 74.5 cm³/mol. The second kappa shape index (κ2) is 5.93. The van der Waals surface area contributed by atoms with Gasteiger partial charge in [0.25, 0.3) is 0 Å². The first-order valence-corrected chi connectivity index (χ1v) is 7.38.